The van der Waals surface area contributed by atoms with Crippen LogP contribution >= 0.6 is 0 Å². The van der Waals surface area contributed by atoms with Gasteiger partial charge < -0.3 is 15.7 Å². The van der Waals surface area contributed by atoms with Crippen LogP contribution in [0.2, 0.25) is 0 Å². The Bertz CT molecular complexity index is 493. The Morgan fingerprint density at radius 1 is 1.19 bits per heavy atom. The molecule has 2 amide bonds. The number of hydrogen-bond donors (Lipinski definition) is 3. The number of amides is 2. The lowest BCUT2D eigenvalue weighted by Gasteiger charge is -2.27. The van der Waals surface area contributed by atoms with E-state index < -0.39 is 5.60 Å². The van der Waals surface area contributed by atoms with Crippen molar-refractivity contribution < 1.29 is 14.7 Å². The van der Waals surface area contributed by atoms with E-state index in [1.165, 1.54) is 6.92 Å². The van der Waals surface area contributed by atoms with Gasteiger partial charge in [0, 0.05) is 25.6 Å². The third kappa shape index (κ3) is 5.55. The number of rotatable bonds is 6. The van der Waals surface area contributed by atoms with E-state index in [9.17, 15) is 14.7 Å². The van der Waals surface area contributed by atoms with Crippen LogP contribution in [-0.2, 0) is 11.3 Å². The van der Waals surface area contributed by atoms with Gasteiger partial charge in [0.1, 0.15) is 0 Å². The van der Waals surface area contributed by atoms with Crippen LogP contribution in [0.15, 0.2) is 24.3 Å². The molecule has 0 radical (unpaired) electrons. The Kier molecular flexibility index (Phi) is 5.90. The third-order valence-electron chi connectivity index (χ3n) is 3.61. The van der Waals surface area contributed by atoms with E-state index in [0.29, 0.717) is 12.1 Å². The van der Waals surface area contributed by atoms with E-state index in [0.717, 1.165) is 5.56 Å². The van der Waals surface area contributed by atoms with Gasteiger partial charge in [0.2, 0.25) is 5.91 Å². The molecule has 0 saturated heterocycles. The van der Waals surface area contributed by atoms with Crippen molar-refractivity contribution in [2.45, 2.75) is 39.8 Å². The van der Waals surface area contributed by atoms with Gasteiger partial charge in [-0.2, -0.15) is 0 Å². The standard InChI is InChI=1S/C16H24N2O3/c1-11(2)16(4,21)10-18-15(20)14-7-5-13(6-8-14)9-17-12(3)19/h5-8,11,21H,9-10H2,1-4H3,(H,17,19)(H,18,20). The summed E-state index contributed by atoms with van der Waals surface area (Å²) in [5, 5.41) is 15.5. The summed E-state index contributed by atoms with van der Waals surface area (Å²) in [5.74, 6) is -0.257. The van der Waals surface area contributed by atoms with Crippen LogP contribution in [0.3, 0.4) is 0 Å². The molecule has 0 fully saturated rings. The molecule has 116 valence electrons. The summed E-state index contributed by atoms with van der Waals surface area (Å²) in [7, 11) is 0. The zero-order valence-electron chi connectivity index (χ0n) is 13.1. The largest absolute Gasteiger partial charge is 0.388 e. The summed E-state index contributed by atoms with van der Waals surface area (Å²) in [6.45, 7) is 7.62. The summed E-state index contributed by atoms with van der Waals surface area (Å²) in [6.07, 6.45) is 0. The normalized spacial score (nSPS) is 13.6. The second-order valence-corrected chi connectivity index (χ2v) is 5.80. The average Bonchev–Trinajstić information content (AvgIpc) is 2.43. The van der Waals surface area contributed by atoms with E-state index in [-0.39, 0.29) is 24.3 Å². The lowest BCUT2D eigenvalue weighted by atomic mass is 9.92. The van der Waals surface area contributed by atoms with E-state index >= 15 is 0 Å². The first-order chi connectivity index (χ1) is 9.72. The van der Waals surface area contributed by atoms with Crippen molar-refractivity contribution in [3.8, 4) is 0 Å². The molecule has 0 heterocycles. The van der Waals surface area contributed by atoms with Crippen LogP contribution in [0.4, 0.5) is 0 Å². The molecular weight excluding hydrogens is 268 g/mol. The van der Waals surface area contributed by atoms with Gasteiger partial charge in [0.15, 0.2) is 0 Å². The predicted octanol–water partition coefficient (Wildman–Crippen LogP) is 1.46. The Morgan fingerprint density at radius 2 is 1.76 bits per heavy atom. The number of carbonyl (C=O) groups is 2. The summed E-state index contributed by atoms with van der Waals surface area (Å²) < 4.78 is 0. The van der Waals surface area contributed by atoms with Gasteiger partial charge in [0.05, 0.1) is 5.60 Å². The van der Waals surface area contributed by atoms with Gasteiger partial charge in [0.25, 0.3) is 5.91 Å². The number of carbonyl (C=O) groups excluding carboxylic acids is 2. The maximum Gasteiger partial charge on any atom is 0.251 e. The summed E-state index contributed by atoms with van der Waals surface area (Å²) in [5.41, 5.74) is 0.526. The molecule has 0 saturated carbocycles. The van der Waals surface area contributed by atoms with Gasteiger partial charge in [-0.05, 0) is 30.5 Å². The molecule has 1 rings (SSSR count). The van der Waals surface area contributed by atoms with Crippen molar-refractivity contribution in [2.75, 3.05) is 6.54 Å². The second-order valence-electron chi connectivity index (χ2n) is 5.80. The minimum Gasteiger partial charge on any atom is -0.388 e. The SMILES string of the molecule is CC(=O)NCc1ccc(C(=O)NCC(C)(O)C(C)C)cc1. The Balaban J connectivity index is 2.57. The number of benzene rings is 1. The molecule has 0 aliphatic heterocycles. The molecule has 5 nitrogen and oxygen atoms in total. The highest BCUT2D eigenvalue weighted by Crippen LogP contribution is 2.14. The van der Waals surface area contributed by atoms with Crippen LogP contribution < -0.4 is 10.6 Å². The van der Waals surface area contributed by atoms with Crippen molar-refractivity contribution in [2.24, 2.45) is 5.92 Å². The van der Waals surface area contributed by atoms with E-state index in [1.807, 2.05) is 13.8 Å². The first-order valence-corrected chi connectivity index (χ1v) is 7.06. The van der Waals surface area contributed by atoms with Gasteiger partial charge >= 0.3 is 0 Å². The van der Waals surface area contributed by atoms with E-state index in [1.54, 1.807) is 31.2 Å². The molecule has 0 aliphatic carbocycles. The highest BCUT2D eigenvalue weighted by molar-refractivity contribution is 5.94. The molecule has 3 N–H and O–H groups in total. The highest BCUT2D eigenvalue weighted by atomic mass is 16.3. The van der Waals surface area contributed by atoms with Crippen LogP contribution in [0, 0.1) is 5.92 Å². The maximum atomic E-state index is 12.0. The highest BCUT2D eigenvalue weighted by Gasteiger charge is 2.25. The Morgan fingerprint density at radius 3 is 2.24 bits per heavy atom. The summed E-state index contributed by atoms with van der Waals surface area (Å²) >= 11 is 0. The fourth-order valence-corrected chi connectivity index (χ4v) is 1.57. The van der Waals surface area contributed by atoms with Crippen molar-refractivity contribution >= 4 is 11.8 Å². The number of nitrogens with one attached hydrogen (secondary N) is 2. The topological polar surface area (TPSA) is 78.4 Å². The zero-order chi connectivity index (χ0) is 16.0. The molecule has 1 atom stereocenters. The maximum absolute atomic E-state index is 12.0. The van der Waals surface area contributed by atoms with Gasteiger partial charge in [-0.15, -0.1) is 0 Å². The Labute approximate surface area is 125 Å². The molecule has 0 spiro atoms. The fraction of sp³-hybridized carbons (Fsp3) is 0.500. The minimum atomic E-state index is -0.930. The monoisotopic (exact) mass is 292 g/mol. The molecule has 5 heteroatoms. The summed E-state index contributed by atoms with van der Waals surface area (Å²) in [4.78, 5) is 22.8. The number of hydrogen-bond acceptors (Lipinski definition) is 3. The third-order valence-corrected chi connectivity index (χ3v) is 3.61. The van der Waals surface area contributed by atoms with Crippen LogP contribution in [-0.4, -0.2) is 29.1 Å². The quantitative estimate of drug-likeness (QED) is 0.743. The van der Waals surface area contributed by atoms with E-state index in [4.69, 9.17) is 0 Å². The molecule has 0 aromatic heterocycles. The van der Waals surface area contributed by atoms with E-state index in [2.05, 4.69) is 10.6 Å². The van der Waals surface area contributed by atoms with Gasteiger partial charge in [-0.25, -0.2) is 0 Å². The number of aliphatic hydroxyl groups is 1. The van der Waals surface area contributed by atoms with Crippen molar-refractivity contribution in [1.82, 2.24) is 10.6 Å². The zero-order valence-corrected chi connectivity index (χ0v) is 13.1. The molecule has 0 bridgehead atoms. The van der Waals surface area contributed by atoms with Crippen LogP contribution in [0.25, 0.3) is 0 Å². The average molecular weight is 292 g/mol. The predicted molar refractivity (Wildman–Crippen MR) is 81.8 cm³/mol. The first-order valence-electron chi connectivity index (χ1n) is 7.06. The molecule has 1 aromatic rings. The molecule has 1 unspecified atom stereocenters. The Hall–Kier alpha value is -1.88. The lowest BCUT2D eigenvalue weighted by molar-refractivity contribution is -0.119. The minimum absolute atomic E-state index is 0.0535. The van der Waals surface area contributed by atoms with Gasteiger partial charge in [-0.1, -0.05) is 26.0 Å². The first kappa shape index (κ1) is 17.2. The molecule has 0 aliphatic rings. The fourth-order valence-electron chi connectivity index (χ4n) is 1.57. The lowest BCUT2D eigenvalue weighted by Crippen LogP contribution is -2.44. The van der Waals surface area contributed by atoms with Crippen LogP contribution in [0.5, 0.6) is 0 Å². The smallest absolute Gasteiger partial charge is 0.251 e. The summed E-state index contributed by atoms with van der Waals surface area (Å²) in [6, 6.07) is 7.00. The van der Waals surface area contributed by atoms with Crippen molar-refractivity contribution in [3.05, 3.63) is 35.4 Å². The molecule has 1 aromatic carbocycles. The van der Waals surface area contributed by atoms with Crippen molar-refractivity contribution in [1.29, 1.82) is 0 Å². The van der Waals surface area contributed by atoms with Crippen LogP contribution in [0.1, 0.15) is 43.6 Å². The van der Waals surface area contributed by atoms with Crippen molar-refractivity contribution in [3.63, 3.8) is 0 Å². The van der Waals surface area contributed by atoms with Gasteiger partial charge in [-0.3, -0.25) is 9.59 Å². The molecular formula is C16H24N2O3. The second kappa shape index (κ2) is 7.22. The molecule has 21 heavy (non-hydrogen) atoms.